The van der Waals surface area contributed by atoms with Crippen molar-refractivity contribution in [2.24, 2.45) is 0 Å². The summed E-state index contributed by atoms with van der Waals surface area (Å²) in [4.78, 5) is 11.8. The average Bonchev–Trinajstić information content (AvgIpc) is 2.50. The molecule has 1 aromatic carbocycles. The molecule has 88 valence electrons. The van der Waals surface area contributed by atoms with Crippen LogP contribution in [-0.2, 0) is 9.53 Å². The lowest BCUT2D eigenvalue weighted by atomic mass is 9.92. The Morgan fingerprint density at radius 2 is 2.18 bits per heavy atom. The Labute approximate surface area is 103 Å². The van der Waals surface area contributed by atoms with Crippen molar-refractivity contribution in [1.82, 2.24) is 5.32 Å². The summed E-state index contributed by atoms with van der Waals surface area (Å²) in [6.07, 6.45) is 0. The third-order valence-electron chi connectivity index (χ3n) is 3.09. The van der Waals surface area contributed by atoms with Crippen LogP contribution in [0.5, 0.6) is 0 Å². The number of ether oxygens (including phenoxy) is 1. The summed E-state index contributed by atoms with van der Waals surface area (Å²) in [5.74, 6) is -0.491. The van der Waals surface area contributed by atoms with Crippen molar-refractivity contribution in [1.29, 1.82) is 0 Å². The molecule has 0 aromatic heterocycles. The van der Waals surface area contributed by atoms with Crippen LogP contribution < -0.4 is 5.32 Å². The topological polar surface area (TPSA) is 58.6 Å². The second-order valence-corrected chi connectivity index (χ2v) is 4.66. The summed E-state index contributed by atoms with van der Waals surface area (Å²) in [5, 5.41) is 13.6. The summed E-state index contributed by atoms with van der Waals surface area (Å²) in [7, 11) is 0. The molecule has 3 rings (SSSR count). The zero-order valence-corrected chi connectivity index (χ0v) is 9.62. The first-order valence-electron chi connectivity index (χ1n) is 5.26. The monoisotopic (exact) mass is 251 g/mol. The van der Waals surface area contributed by atoms with Gasteiger partial charge in [0, 0.05) is 18.1 Å². The lowest BCUT2D eigenvalue weighted by Crippen LogP contribution is -2.60. The molecule has 0 radical (unpaired) electrons. The molecule has 0 saturated carbocycles. The van der Waals surface area contributed by atoms with Gasteiger partial charge in [-0.15, -0.1) is 0 Å². The molecular formula is C12H10ClNO3. The van der Waals surface area contributed by atoms with Crippen molar-refractivity contribution < 1.29 is 14.6 Å². The Bertz CT molecular complexity index is 534. The zero-order chi connectivity index (χ0) is 12.0. The largest absolute Gasteiger partial charge is 0.507 e. The van der Waals surface area contributed by atoms with Crippen LogP contribution in [0.2, 0.25) is 5.02 Å². The van der Waals surface area contributed by atoms with Crippen molar-refractivity contribution in [3.63, 3.8) is 0 Å². The minimum Gasteiger partial charge on any atom is -0.507 e. The van der Waals surface area contributed by atoms with Crippen LogP contribution in [0.25, 0.3) is 5.57 Å². The van der Waals surface area contributed by atoms with Gasteiger partial charge in [0.05, 0.1) is 0 Å². The molecule has 2 aliphatic heterocycles. The van der Waals surface area contributed by atoms with Gasteiger partial charge in [-0.25, -0.2) is 4.79 Å². The van der Waals surface area contributed by atoms with E-state index in [0.717, 1.165) is 0 Å². The lowest BCUT2D eigenvalue weighted by Gasteiger charge is -2.37. The van der Waals surface area contributed by atoms with E-state index in [1.807, 2.05) is 0 Å². The van der Waals surface area contributed by atoms with Crippen LogP contribution in [0.1, 0.15) is 5.56 Å². The maximum absolute atomic E-state index is 11.8. The predicted octanol–water partition coefficient (Wildman–Crippen LogP) is 1.51. The van der Waals surface area contributed by atoms with Crippen LogP contribution >= 0.6 is 11.6 Å². The number of esters is 1. The fraction of sp³-hybridized carbons (Fsp3) is 0.250. The van der Waals surface area contributed by atoms with E-state index in [1.165, 1.54) is 0 Å². The standard InChI is InChI=1S/C12H10ClNO3/c13-8-3-1-2-7(4-8)9-10(15)12(5-14-6-12)17-11(9)16/h1-4,14-15H,5-6H2. The minimum absolute atomic E-state index is 0.00326. The fourth-order valence-corrected chi connectivity index (χ4v) is 2.28. The Balaban J connectivity index is 2.10. The van der Waals surface area contributed by atoms with Gasteiger partial charge in [0.25, 0.3) is 0 Å². The number of carbonyl (C=O) groups is 1. The molecule has 0 aliphatic carbocycles. The highest BCUT2D eigenvalue weighted by molar-refractivity contribution is 6.31. The van der Waals surface area contributed by atoms with Crippen molar-refractivity contribution in [3.8, 4) is 0 Å². The molecule has 4 nitrogen and oxygen atoms in total. The van der Waals surface area contributed by atoms with Crippen molar-refractivity contribution >= 4 is 23.1 Å². The molecule has 0 bridgehead atoms. The van der Waals surface area contributed by atoms with E-state index in [1.54, 1.807) is 24.3 Å². The number of aliphatic hydroxyl groups is 1. The van der Waals surface area contributed by atoms with Gasteiger partial charge in [0.15, 0.2) is 11.4 Å². The quantitative estimate of drug-likeness (QED) is 0.743. The number of rotatable bonds is 1. The molecule has 1 spiro atoms. The van der Waals surface area contributed by atoms with Crippen molar-refractivity contribution in [3.05, 3.63) is 40.6 Å². The van der Waals surface area contributed by atoms with Crippen LogP contribution in [0.4, 0.5) is 0 Å². The third-order valence-corrected chi connectivity index (χ3v) is 3.33. The van der Waals surface area contributed by atoms with E-state index in [9.17, 15) is 9.90 Å². The van der Waals surface area contributed by atoms with Gasteiger partial charge < -0.3 is 15.2 Å². The second-order valence-electron chi connectivity index (χ2n) is 4.22. The van der Waals surface area contributed by atoms with E-state index in [-0.39, 0.29) is 11.3 Å². The second kappa shape index (κ2) is 3.48. The van der Waals surface area contributed by atoms with E-state index in [2.05, 4.69) is 5.32 Å². The van der Waals surface area contributed by atoms with Gasteiger partial charge in [-0.05, 0) is 17.7 Å². The molecule has 2 N–H and O–H groups in total. The highest BCUT2D eigenvalue weighted by atomic mass is 35.5. The van der Waals surface area contributed by atoms with Gasteiger partial charge in [-0.2, -0.15) is 0 Å². The highest BCUT2D eigenvalue weighted by Gasteiger charge is 2.52. The van der Waals surface area contributed by atoms with Crippen LogP contribution in [0.15, 0.2) is 30.0 Å². The molecule has 2 heterocycles. The van der Waals surface area contributed by atoms with Crippen LogP contribution in [0, 0.1) is 0 Å². The normalized spacial score (nSPS) is 21.6. The number of aliphatic hydroxyl groups excluding tert-OH is 1. The molecule has 0 unspecified atom stereocenters. The van der Waals surface area contributed by atoms with Gasteiger partial charge in [-0.3, -0.25) is 0 Å². The first kappa shape index (κ1) is 10.6. The summed E-state index contributed by atoms with van der Waals surface area (Å²) in [6, 6.07) is 6.81. The molecule has 2 aliphatic rings. The first-order valence-corrected chi connectivity index (χ1v) is 5.64. The fourth-order valence-electron chi connectivity index (χ4n) is 2.09. The summed E-state index contributed by atoms with van der Waals surface area (Å²) in [6.45, 7) is 0.906. The average molecular weight is 252 g/mol. The Morgan fingerprint density at radius 3 is 2.71 bits per heavy atom. The zero-order valence-electron chi connectivity index (χ0n) is 8.87. The number of nitrogens with one attached hydrogen (secondary N) is 1. The van der Waals surface area contributed by atoms with E-state index in [0.29, 0.717) is 23.7 Å². The van der Waals surface area contributed by atoms with Crippen molar-refractivity contribution in [2.75, 3.05) is 13.1 Å². The van der Waals surface area contributed by atoms with Gasteiger partial charge in [0.1, 0.15) is 5.57 Å². The summed E-state index contributed by atoms with van der Waals surface area (Å²) >= 11 is 5.87. The molecule has 1 fully saturated rings. The van der Waals surface area contributed by atoms with E-state index >= 15 is 0 Å². The summed E-state index contributed by atoms with van der Waals surface area (Å²) < 4.78 is 5.24. The number of halogens is 1. The molecule has 17 heavy (non-hydrogen) atoms. The molecule has 5 heteroatoms. The number of hydrogen-bond donors (Lipinski definition) is 2. The molecule has 1 aromatic rings. The van der Waals surface area contributed by atoms with Crippen LogP contribution in [0.3, 0.4) is 0 Å². The Hall–Kier alpha value is -1.52. The highest BCUT2D eigenvalue weighted by Crippen LogP contribution is 2.39. The number of benzene rings is 1. The van der Waals surface area contributed by atoms with Gasteiger partial charge in [-0.1, -0.05) is 23.7 Å². The SMILES string of the molecule is O=C1OC2(CNC2)C(O)=C1c1cccc(Cl)c1. The van der Waals surface area contributed by atoms with Gasteiger partial charge in [0.2, 0.25) is 0 Å². The Morgan fingerprint density at radius 1 is 1.41 bits per heavy atom. The molecular weight excluding hydrogens is 242 g/mol. The Kier molecular flexibility index (Phi) is 2.18. The number of hydrogen-bond acceptors (Lipinski definition) is 4. The maximum atomic E-state index is 11.8. The van der Waals surface area contributed by atoms with E-state index < -0.39 is 11.6 Å². The van der Waals surface area contributed by atoms with Crippen LogP contribution in [-0.4, -0.2) is 29.8 Å². The predicted molar refractivity (Wildman–Crippen MR) is 62.7 cm³/mol. The molecule has 0 atom stereocenters. The third kappa shape index (κ3) is 1.45. The molecule has 0 amide bonds. The maximum Gasteiger partial charge on any atom is 0.343 e. The minimum atomic E-state index is -0.852. The first-order chi connectivity index (χ1) is 8.12. The van der Waals surface area contributed by atoms with Crippen molar-refractivity contribution in [2.45, 2.75) is 5.60 Å². The number of carbonyl (C=O) groups excluding carboxylic acids is 1. The van der Waals surface area contributed by atoms with E-state index in [4.69, 9.17) is 16.3 Å². The van der Waals surface area contributed by atoms with Gasteiger partial charge >= 0.3 is 5.97 Å². The lowest BCUT2D eigenvalue weighted by molar-refractivity contribution is -0.150. The smallest absolute Gasteiger partial charge is 0.343 e. The molecule has 1 saturated heterocycles. The summed E-state index contributed by atoms with van der Waals surface area (Å²) in [5.41, 5.74) is -0.0490.